The molecule has 4 N–H and O–H groups in total. The van der Waals surface area contributed by atoms with Crippen molar-refractivity contribution >= 4 is 22.8 Å². The molecule has 3 rings (SSSR count). The average Bonchev–Trinajstić information content (AvgIpc) is 2.82. The first-order valence-electron chi connectivity index (χ1n) is 6.61. The Kier molecular flexibility index (Phi) is 2.98. The number of fused-ring (bicyclic) bond motifs is 1. The van der Waals surface area contributed by atoms with Crippen molar-refractivity contribution in [3.05, 3.63) is 6.20 Å². The van der Waals surface area contributed by atoms with Gasteiger partial charge < -0.3 is 15.7 Å². The molecule has 1 aliphatic carbocycles. The Labute approximate surface area is 110 Å². The van der Waals surface area contributed by atoms with Crippen molar-refractivity contribution < 1.29 is 5.11 Å². The molecule has 1 saturated carbocycles. The third kappa shape index (κ3) is 2.33. The Balaban J connectivity index is 1.85. The largest absolute Gasteiger partial charge is 0.388 e. The molecule has 7 heteroatoms. The van der Waals surface area contributed by atoms with Gasteiger partial charge in [0.2, 0.25) is 5.95 Å². The summed E-state index contributed by atoms with van der Waals surface area (Å²) in [5.41, 5.74) is 0.105. The van der Waals surface area contributed by atoms with Gasteiger partial charge in [-0.2, -0.15) is 15.1 Å². The molecule has 2 heterocycles. The highest BCUT2D eigenvalue weighted by molar-refractivity contribution is 5.86. The number of anilines is 2. The van der Waals surface area contributed by atoms with Crippen LogP contribution in [0.1, 0.15) is 26.2 Å². The minimum Gasteiger partial charge on any atom is -0.388 e. The molecular weight excluding hydrogens is 244 g/mol. The zero-order valence-electron chi connectivity index (χ0n) is 10.9. The fourth-order valence-electron chi connectivity index (χ4n) is 2.22. The van der Waals surface area contributed by atoms with Gasteiger partial charge in [-0.3, -0.25) is 5.10 Å². The first-order chi connectivity index (χ1) is 9.20. The van der Waals surface area contributed by atoms with Crippen LogP contribution < -0.4 is 10.6 Å². The number of hydrogen-bond donors (Lipinski definition) is 4. The summed E-state index contributed by atoms with van der Waals surface area (Å²) in [5.74, 6) is 1.26. The third-order valence-corrected chi connectivity index (χ3v) is 3.51. The monoisotopic (exact) mass is 262 g/mol. The van der Waals surface area contributed by atoms with E-state index in [1.807, 2.05) is 6.92 Å². The van der Waals surface area contributed by atoms with Crippen LogP contribution in [0.5, 0.6) is 0 Å². The van der Waals surface area contributed by atoms with Crippen molar-refractivity contribution in [3.63, 3.8) is 0 Å². The molecule has 1 aliphatic rings. The minimum atomic E-state index is -0.584. The lowest BCUT2D eigenvalue weighted by atomic mass is 9.80. The minimum absolute atomic E-state index is 0.510. The average molecular weight is 262 g/mol. The fraction of sp³-hybridized carbons (Fsp3) is 0.583. The lowest BCUT2D eigenvalue weighted by Crippen LogP contribution is -2.43. The van der Waals surface area contributed by atoms with Crippen LogP contribution in [-0.4, -0.2) is 44.0 Å². The molecule has 0 saturated heterocycles. The molecular formula is C12H18N6O. The van der Waals surface area contributed by atoms with E-state index in [1.54, 1.807) is 6.20 Å². The molecule has 0 amide bonds. The van der Waals surface area contributed by atoms with Crippen LogP contribution in [0.4, 0.5) is 11.8 Å². The van der Waals surface area contributed by atoms with Gasteiger partial charge in [0.1, 0.15) is 5.82 Å². The van der Waals surface area contributed by atoms with Gasteiger partial charge in [-0.05, 0) is 26.2 Å². The highest BCUT2D eigenvalue weighted by Crippen LogP contribution is 2.32. The molecule has 0 spiro atoms. The zero-order chi connectivity index (χ0) is 13.3. The second-order valence-electron chi connectivity index (χ2n) is 4.99. The van der Waals surface area contributed by atoms with Crippen LogP contribution in [0, 0.1) is 0 Å². The smallest absolute Gasteiger partial charge is 0.226 e. The van der Waals surface area contributed by atoms with Crippen LogP contribution in [-0.2, 0) is 0 Å². The number of rotatable bonds is 5. The maximum atomic E-state index is 10.1. The Hall–Kier alpha value is -1.89. The maximum absolute atomic E-state index is 10.1. The number of nitrogens with one attached hydrogen (secondary N) is 3. The van der Waals surface area contributed by atoms with Crippen LogP contribution in [0.25, 0.3) is 11.0 Å². The highest BCUT2D eigenvalue weighted by Gasteiger charge is 2.34. The first-order valence-corrected chi connectivity index (χ1v) is 6.61. The predicted molar refractivity (Wildman–Crippen MR) is 73.1 cm³/mol. The number of aromatic nitrogens is 4. The van der Waals surface area contributed by atoms with E-state index >= 15 is 0 Å². The third-order valence-electron chi connectivity index (χ3n) is 3.51. The Bertz CT molecular complexity index is 577. The van der Waals surface area contributed by atoms with E-state index in [1.165, 1.54) is 0 Å². The van der Waals surface area contributed by atoms with Crippen LogP contribution >= 0.6 is 0 Å². The van der Waals surface area contributed by atoms with Gasteiger partial charge >= 0.3 is 0 Å². The molecule has 0 radical (unpaired) electrons. The first kappa shape index (κ1) is 12.2. The maximum Gasteiger partial charge on any atom is 0.226 e. The molecule has 0 atom stereocenters. The molecule has 7 nitrogen and oxygen atoms in total. The molecule has 1 fully saturated rings. The number of aromatic amines is 1. The summed E-state index contributed by atoms with van der Waals surface area (Å²) in [5, 5.41) is 24.1. The second kappa shape index (κ2) is 4.65. The van der Waals surface area contributed by atoms with Gasteiger partial charge in [0.05, 0.1) is 17.2 Å². The standard InChI is InChI=1S/C12H18N6O/c1-2-13-11-16-9(8-6-15-18-10(8)17-11)14-7-12(19)4-3-5-12/h6,19H,2-5,7H2,1H3,(H3,13,14,15,16,17,18). The topological polar surface area (TPSA) is 98.8 Å². The Morgan fingerprint density at radius 1 is 1.37 bits per heavy atom. The van der Waals surface area contributed by atoms with Gasteiger partial charge in [0.25, 0.3) is 0 Å². The van der Waals surface area contributed by atoms with Crippen molar-refractivity contribution in [3.8, 4) is 0 Å². The summed E-state index contributed by atoms with van der Waals surface area (Å²) in [7, 11) is 0. The predicted octanol–water partition coefficient (Wildman–Crippen LogP) is 1.11. The van der Waals surface area contributed by atoms with E-state index in [0.29, 0.717) is 24.0 Å². The number of aliphatic hydroxyl groups is 1. The van der Waals surface area contributed by atoms with Gasteiger partial charge in [-0.25, -0.2) is 0 Å². The molecule has 102 valence electrons. The van der Waals surface area contributed by atoms with Crippen LogP contribution in [0.2, 0.25) is 0 Å². The molecule has 0 aromatic carbocycles. The van der Waals surface area contributed by atoms with Crippen molar-refractivity contribution in [2.45, 2.75) is 31.8 Å². The van der Waals surface area contributed by atoms with E-state index in [0.717, 1.165) is 31.2 Å². The normalized spacial score (nSPS) is 17.2. The number of H-pyrrole nitrogens is 1. The molecule has 0 unspecified atom stereocenters. The summed E-state index contributed by atoms with van der Waals surface area (Å²) in [4.78, 5) is 8.74. The van der Waals surface area contributed by atoms with Gasteiger partial charge in [0.15, 0.2) is 5.65 Å². The van der Waals surface area contributed by atoms with Crippen molar-refractivity contribution in [1.29, 1.82) is 0 Å². The van der Waals surface area contributed by atoms with E-state index in [9.17, 15) is 5.11 Å². The lowest BCUT2D eigenvalue weighted by Gasteiger charge is -2.36. The summed E-state index contributed by atoms with van der Waals surface area (Å²) < 4.78 is 0. The van der Waals surface area contributed by atoms with E-state index in [-0.39, 0.29) is 0 Å². The van der Waals surface area contributed by atoms with Gasteiger partial charge in [-0.15, -0.1) is 0 Å². The van der Waals surface area contributed by atoms with E-state index in [4.69, 9.17) is 0 Å². The fourth-order valence-corrected chi connectivity index (χ4v) is 2.22. The Morgan fingerprint density at radius 3 is 2.89 bits per heavy atom. The van der Waals surface area contributed by atoms with Crippen molar-refractivity contribution in [1.82, 2.24) is 20.2 Å². The quantitative estimate of drug-likeness (QED) is 0.644. The molecule has 2 aromatic rings. The van der Waals surface area contributed by atoms with Gasteiger partial charge in [0, 0.05) is 13.1 Å². The van der Waals surface area contributed by atoms with E-state index in [2.05, 4.69) is 30.8 Å². The summed E-state index contributed by atoms with van der Waals surface area (Å²) in [6.45, 7) is 3.25. The second-order valence-corrected chi connectivity index (χ2v) is 4.99. The molecule has 2 aromatic heterocycles. The number of hydrogen-bond acceptors (Lipinski definition) is 6. The lowest BCUT2D eigenvalue weighted by molar-refractivity contribution is -0.0202. The zero-order valence-corrected chi connectivity index (χ0v) is 10.9. The molecule has 0 aliphatic heterocycles. The summed E-state index contributed by atoms with van der Waals surface area (Å²) in [6.07, 6.45) is 4.48. The van der Waals surface area contributed by atoms with Gasteiger partial charge in [-0.1, -0.05) is 0 Å². The molecule has 19 heavy (non-hydrogen) atoms. The Morgan fingerprint density at radius 2 is 2.21 bits per heavy atom. The SMILES string of the molecule is CCNc1nc(NCC2(O)CCC2)c2cn[nH]c2n1. The van der Waals surface area contributed by atoms with Crippen molar-refractivity contribution in [2.24, 2.45) is 0 Å². The summed E-state index contributed by atoms with van der Waals surface area (Å²) in [6, 6.07) is 0. The molecule has 0 bridgehead atoms. The van der Waals surface area contributed by atoms with Crippen LogP contribution in [0.15, 0.2) is 6.20 Å². The highest BCUT2D eigenvalue weighted by atomic mass is 16.3. The van der Waals surface area contributed by atoms with Crippen molar-refractivity contribution in [2.75, 3.05) is 23.7 Å². The van der Waals surface area contributed by atoms with E-state index < -0.39 is 5.60 Å². The summed E-state index contributed by atoms with van der Waals surface area (Å²) >= 11 is 0. The number of nitrogens with zero attached hydrogens (tertiary/aromatic N) is 3. The van der Waals surface area contributed by atoms with Crippen LogP contribution in [0.3, 0.4) is 0 Å².